The summed E-state index contributed by atoms with van der Waals surface area (Å²) in [6.07, 6.45) is 6.14. The first-order valence-electron chi connectivity index (χ1n) is 11.3. The highest BCUT2D eigenvalue weighted by Crippen LogP contribution is 2.21. The quantitative estimate of drug-likeness (QED) is 0.651. The molecule has 0 saturated heterocycles. The van der Waals surface area contributed by atoms with Gasteiger partial charge in [-0.05, 0) is 42.9 Å². The van der Waals surface area contributed by atoms with Gasteiger partial charge in [0.25, 0.3) is 0 Å². The Morgan fingerprint density at radius 2 is 1.70 bits per heavy atom. The Bertz CT molecular complexity index is 828. The highest BCUT2D eigenvalue weighted by molar-refractivity contribution is 5.88. The zero-order valence-electron chi connectivity index (χ0n) is 18.3. The first-order chi connectivity index (χ1) is 14.6. The lowest BCUT2D eigenvalue weighted by Gasteiger charge is -2.32. The monoisotopic (exact) mass is 406 g/mol. The molecule has 1 aliphatic carbocycles. The maximum absolute atomic E-state index is 13.4. The predicted octanol–water partition coefficient (Wildman–Crippen LogP) is 4.79. The smallest absolute Gasteiger partial charge is 0.243 e. The Morgan fingerprint density at radius 1 is 1.03 bits per heavy atom. The fourth-order valence-corrected chi connectivity index (χ4v) is 4.25. The van der Waals surface area contributed by atoms with Crippen LogP contribution in [0.3, 0.4) is 0 Å². The first kappa shape index (κ1) is 22.1. The Balaban J connectivity index is 1.90. The van der Waals surface area contributed by atoms with Crippen LogP contribution in [0.4, 0.5) is 0 Å². The van der Waals surface area contributed by atoms with Gasteiger partial charge < -0.3 is 10.2 Å². The van der Waals surface area contributed by atoms with Crippen molar-refractivity contribution in [2.75, 3.05) is 0 Å². The maximum atomic E-state index is 13.4. The molecule has 0 bridgehead atoms. The number of hydrogen-bond acceptors (Lipinski definition) is 2. The molecule has 30 heavy (non-hydrogen) atoms. The zero-order chi connectivity index (χ0) is 21.3. The van der Waals surface area contributed by atoms with Crippen molar-refractivity contribution >= 4 is 11.8 Å². The van der Waals surface area contributed by atoms with Crippen molar-refractivity contribution in [3.8, 4) is 0 Å². The van der Waals surface area contributed by atoms with E-state index < -0.39 is 6.04 Å². The number of nitrogens with zero attached hydrogens (tertiary/aromatic N) is 1. The van der Waals surface area contributed by atoms with Crippen LogP contribution >= 0.6 is 0 Å². The highest BCUT2D eigenvalue weighted by atomic mass is 16.2. The third-order valence-electron chi connectivity index (χ3n) is 6.04. The average molecular weight is 407 g/mol. The summed E-state index contributed by atoms with van der Waals surface area (Å²) in [6.45, 7) is 4.53. The van der Waals surface area contributed by atoms with E-state index in [2.05, 4.69) is 24.4 Å². The van der Waals surface area contributed by atoms with Crippen LogP contribution in [0.2, 0.25) is 0 Å². The molecule has 4 heteroatoms. The second-order valence-corrected chi connectivity index (χ2v) is 8.39. The van der Waals surface area contributed by atoms with Gasteiger partial charge in [0, 0.05) is 25.4 Å². The largest absolute Gasteiger partial charge is 0.352 e. The molecule has 0 radical (unpaired) electrons. The molecule has 2 aromatic carbocycles. The van der Waals surface area contributed by atoms with Crippen molar-refractivity contribution < 1.29 is 9.59 Å². The molecule has 1 aliphatic rings. The van der Waals surface area contributed by atoms with Gasteiger partial charge >= 0.3 is 0 Å². The number of aryl methyl sites for hydroxylation is 1. The van der Waals surface area contributed by atoms with Crippen molar-refractivity contribution in [3.05, 3.63) is 71.3 Å². The minimum absolute atomic E-state index is 0.0243. The molecule has 1 atom stereocenters. The van der Waals surface area contributed by atoms with Crippen LogP contribution in [-0.4, -0.2) is 28.8 Å². The van der Waals surface area contributed by atoms with E-state index in [0.29, 0.717) is 19.4 Å². The number of rotatable bonds is 9. The van der Waals surface area contributed by atoms with E-state index >= 15 is 0 Å². The minimum atomic E-state index is -0.508. The van der Waals surface area contributed by atoms with Gasteiger partial charge in [-0.15, -0.1) is 0 Å². The van der Waals surface area contributed by atoms with Crippen molar-refractivity contribution in [2.45, 2.75) is 77.4 Å². The molecule has 2 aromatic rings. The maximum Gasteiger partial charge on any atom is 0.243 e. The molecule has 0 aliphatic heterocycles. The van der Waals surface area contributed by atoms with E-state index in [1.54, 1.807) is 0 Å². The van der Waals surface area contributed by atoms with E-state index in [0.717, 1.165) is 48.8 Å². The number of benzene rings is 2. The van der Waals surface area contributed by atoms with Crippen molar-refractivity contribution in [3.63, 3.8) is 0 Å². The normalized spacial score (nSPS) is 15.0. The number of carbonyl (C=O) groups is 2. The topological polar surface area (TPSA) is 49.4 Å². The standard InChI is InChI=1S/C26H34N2O2/c1-3-11-25(29)28(19-22-15-8-7-12-20(22)2)24(18-21-13-5-4-6-14-21)26(30)27-23-16-9-10-17-23/h4-8,12-15,23-24H,3,9-11,16-19H2,1-2H3,(H,27,30). The van der Waals surface area contributed by atoms with Gasteiger partial charge in [-0.25, -0.2) is 0 Å². The summed E-state index contributed by atoms with van der Waals surface area (Å²) in [6, 6.07) is 17.9. The van der Waals surface area contributed by atoms with Gasteiger partial charge in [-0.2, -0.15) is 0 Å². The zero-order valence-corrected chi connectivity index (χ0v) is 18.3. The fourth-order valence-electron chi connectivity index (χ4n) is 4.25. The van der Waals surface area contributed by atoms with E-state index in [9.17, 15) is 9.59 Å². The molecule has 1 fully saturated rings. The summed E-state index contributed by atoms with van der Waals surface area (Å²) < 4.78 is 0. The Labute approximate surface area is 180 Å². The van der Waals surface area contributed by atoms with Crippen molar-refractivity contribution in [2.24, 2.45) is 0 Å². The van der Waals surface area contributed by atoms with Crippen LogP contribution in [-0.2, 0) is 22.6 Å². The summed E-state index contributed by atoms with van der Waals surface area (Å²) in [7, 11) is 0. The third kappa shape index (κ3) is 5.94. The van der Waals surface area contributed by atoms with Gasteiger partial charge in [0.15, 0.2) is 0 Å². The van der Waals surface area contributed by atoms with Crippen LogP contribution < -0.4 is 5.32 Å². The molecule has 3 rings (SSSR count). The molecular weight excluding hydrogens is 372 g/mol. The van der Waals surface area contributed by atoms with Gasteiger partial charge in [0.2, 0.25) is 11.8 Å². The first-order valence-corrected chi connectivity index (χ1v) is 11.3. The Morgan fingerprint density at radius 3 is 2.37 bits per heavy atom. The molecule has 1 saturated carbocycles. The molecule has 0 heterocycles. The van der Waals surface area contributed by atoms with Crippen LogP contribution in [0.1, 0.15) is 62.1 Å². The second-order valence-electron chi connectivity index (χ2n) is 8.39. The third-order valence-corrected chi connectivity index (χ3v) is 6.04. The number of amides is 2. The van der Waals surface area contributed by atoms with Gasteiger partial charge in [-0.3, -0.25) is 9.59 Å². The molecule has 2 amide bonds. The van der Waals surface area contributed by atoms with Crippen LogP contribution in [0.15, 0.2) is 54.6 Å². The fraction of sp³-hybridized carbons (Fsp3) is 0.462. The summed E-state index contributed by atoms with van der Waals surface area (Å²) in [5.41, 5.74) is 3.30. The summed E-state index contributed by atoms with van der Waals surface area (Å²) >= 11 is 0. The van der Waals surface area contributed by atoms with Crippen molar-refractivity contribution in [1.82, 2.24) is 10.2 Å². The Kier molecular flexibility index (Phi) is 8.06. The second kappa shape index (κ2) is 11.0. The molecule has 0 aromatic heterocycles. The van der Waals surface area contributed by atoms with E-state index in [-0.39, 0.29) is 17.9 Å². The summed E-state index contributed by atoms with van der Waals surface area (Å²) in [5, 5.41) is 3.24. The van der Waals surface area contributed by atoms with Gasteiger partial charge in [0.05, 0.1) is 0 Å². The van der Waals surface area contributed by atoms with Gasteiger partial charge in [-0.1, -0.05) is 74.4 Å². The van der Waals surface area contributed by atoms with Crippen LogP contribution in [0.5, 0.6) is 0 Å². The number of nitrogens with one attached hydrogen (secondary N) is 1. The molecular formula is C26H34N2O2. The number of carbonyl (C=O) groups excluding carboxylic acids is 2. The highest BCUT2D eigenvalue weighted by Gasteiger charge is 2.31. The molecule has 4 nitrogen and oxygen atoms in total. The lowest BCUT2D eigenvalue weighted by Crippen LogP contribution is -2.52. The van der Waals surface area contributed by atoms with E-state index in [4.69, 9.17) is 0 Å². The number of hydrogen-bond donors (Lipinski definition) is 1. The minimum Gasteiger partial charge on any atom is -0.352 e. The molecule has 0 spiro atoms. The van der Waals surface area contributed by atoms with Crippen molar-refractivity contribution in [1.29, 1.82) is 0 Å². The Hall–Kier alpha value is -2.62. The molecule has 160 valence electrons. The van der Waals surface area contributed by atoms with E-state index in [1.165, 1.54) is 0 Å². The lowest BCUT2D eigenvalue weighted by atomic mass is 10.0. The van der Waals surface area contributed by atoms with Gasteiger partial charge in [0.1, 0.15) is 6.04 Å². The predicted molar refractivity (Wildman–Crippen MR) is 121 cm³/mol. The van der Waals surface area contributed by atoms with Crippen LogP contribution in [0, 0.1) is 6.92 Å². The molecule has 1 unspecified atom stereocenters. The summed E-state index contributed by atoms with van der Waals surface area (Å²) in [4.78, 5) is 28.4. The molecule has 1 N–H and O–H groups in total. The van der Waals surface area contributed by atoms with E-state index in [1.807, 2.05) is 54.3 Å². The average Bonchev–Trinajstić information content (AvgIpc) is 3.25. The van der Waals surface area contributed by atoms with Crippen LogP contribution in [0.25, 0.3) is 0 Å². The SMILES string of the molecule is CCCC(=O)N(Cc1ccccc1C)C(Cc1ccccc1)C(=O)NC1CCCC1. The lowest BCUT2D eigenvalue weighted by molar-refractivity contribution is -0.141. The summed E-state index contributed by atoms with van der Waals surface area (Å²) in [5.74, 6) is 0.0204.